The molecule has 7 nitrogen and oxygen atoms in total. The van der Waals surface area contributed by atoms with Crippen LogP contribution in [0, 0.1) is 0 Å². The minimum atomic E-state index is 0.147. The van der Waals surface area contributed by atoms with E-state index < -0.39 is 0 Å². The smallest absolute Gasteiger partial charge is 0.219 e. The number of nitrogens with two attached hydrogens (primary N) is 1. The molecule has 0 atom stereocenters. The number of aryl methyl sites for hydroxylation is 1. The Hall–Kier alpha value is -2.51. The molecule has 0 unspecified atom stereocenters. The van der Waals surface area contributed by atoms with Crippen LogP contribution in [0.1, 0.15) is 37.3 Å². The highest BCUT2D eigenvalue weighted by Crippen LogP contribution is 2.29. The number of rotatable bonds is 5. The summed E-state index contributed by atoms with van der Waals surface area (Å²) < 4.78 is 6.09. The maximum Gasteiger partial charge on any atom is 0.219 e. The number of pyridine rings is 2. The van der Waals surface area contributed by atoms with Gasteiger partial charge in [-0.3, -0.25) is 9.78 Å². The van der Waals surface area contributed by atoms with Gasteiger partial charge in [0.1, 0.15) is 5.82 Å². The number of hydrogen-bond acceptors (Lipinski definition) is 6. The summed E-state index contributed by atoms with van der Waals surface area (Å²) in [4.78, 5) is 24.5. The van der Waals surface area contributed by atoms with Gasteiger partial charge >= 0.3 is 0 Å². The lowest BCUT2D eigenvalue weighted by atomic mass is 10.0. The molecule has 0 bridgehead atoms. The first kappa shape index (κ1) is 19.8. The van der Waals surface area contributed by atoms with Crippen molar-refractivity contribution < 1.29 is 9.53 Å². The van der Waals surface area contributed by atoms with Crippen LogP contribution in [0.5, 0.6) is 0 Å². The van der Waals surface area contributed by atoms with Crippen molar-refractivity contribution in [3.63, 3.8) is 0 Å². The van der Waals surface area contributed by atoms with Crippen molar-refractivity contribution in [1.29, 1.82) is 0 Å². The zero-order valence-corrected chi connectivity index (χ0v) is 17.0. The number of carbonyl (C=O) groups is 1. The van der Waals surface area contributed by atoms with Crippen LogP contribution in [-0.4, -0.2) is 53.2 Å². The number of likely N-dealkylation sites (tertiary alicyclic amines) is 1. The predicted molar refractivity (Wildman–Crippen MR) is 112 cm³/mol. The molecule has 0 radical (unpaired) electrons. The van der Waals surface area contributed by atoms with Gasteiger partial charge in [-0.25, -0.2) is 4.98 Å². The molecule has 2 N–H and O–H groups in total. The van der Waals surface area contributed by atoms with Gasteiger partial charge in [-0.2, -0.15) is 0 Å². The summed E-state index contributed by atoms with van der Waals surface area (Å²) in [5.41, 5.74) is 10.3. The summed E-state index contributed by atoms with van der Waals surface area (Å²) in [5.74, 6) is 1.15. The molecule has 4 heterocycles. The third kappa shape index (κ3) is 4.57. The Morgan fingerprint density at radius 2 is 1.97 bits per heavy atom. The first-order chi connectivity index (χ1) is 14.1. The lowest BCUT2D eigenvalue weighted by Crippen LogP contribution is -2.39. The van der Waals surface area contributed by atoms with Crippen LogP contribution in [0.4, 0.5) is 5.82 Å². The van der Waals surface area contributed by atoms with Crippen LogP contribution in [0.3, 0.4) is 0 Å². The highest BCUT2D eigenvalue weighted by molar-refractivity contribution is 5.73. The Morgan fingerprint density at radius 3 is 2.72 bits per heavy atom. The zero-order valence-electron chi connectivity index (χ0n) is 17.0. The average Bonchev–Trinajstić information content (AvgIpc) is 2.77. The summed E-state index contributed by atoms with van der Waals surface area (Å²) >= 11 is 0. The molecule has 154 valence electrons. The molecule has 2 aromatic heterocycles. The third-order valence-corrected chi connectivity index (χ3v) is 5.84. The van der Waals surface area contributed by atoms with Gasteiger partial charge in [-0.15, -0.1) is 0 Å². The fraction of sp³-hybridized carbons (Fsp3) is 0.500. The van der Waals surface area contributed by atoms with E-state index in [0.717, 1.165) is 67.8 Å². The van der Waals surface area contributed by atoms with Crippen LogP contribution >= 0.6 is 0 Å². The molecule has 2 aromatic rings. The van der Waals surface area contributed by atoms with Crippen molar-refractivity contribution in [2.45, 2.75) is 45.3 Å². The summed E-state index contributed by atoms with van der Waals surface area (Å²) in [7, 11) is 0. The number of carbonyl (C=O) groups excluding carboxylic acids is 1. The minimum absolute atomic E-state index is 0.147. The molecule has 0 saturated carbocycles. The molecular weight excluding hydrogens is 366 g/mol. The van der Waals surface area contributed by atoms with Gasteiger partial charge in [-0.05, 0) is 48.9 Å². The second-order valence-electron chi connectivity index (χ2n) is 7.85. The first-order valence-corrected chi connectivity index (χ1v) is 10.4. The molecule has 1 fully saturated rings. The molecule has 1 amide bonds. The van der Waals surface area contributed by atoms with E-state index in [2.05, 4.69) is 27.0 Å². The summed E-state index contributed by atoms with van der Waals surface area (Å²) in [6.07, 6.45) is 9.75. The molecule has 1 saturated heterocycles. The van der Waals surface area contributed by atoms with E-state index in [-0.39, 0.29) is 12.0 Å². The van der Waals surface area contributed by atoms with E-state index in [1.807, 2.05) is 23.5 Å². The van der Waals surface area contributed by atoms with Crippen LogP contribution in [0.25, 0.3) is 11.1 Å². The van der Waals surface area contributed by atoms with E-state index >= 15 is 0 Å². The topological polar surface area (TPSA) is 84.6 Å². The highest BCUT2D eigenvalue weighted by Gasteiger charge is 2.21. The van der Waals surface area contributed by atoms with Gasteiger partial charge < -0.3 is 20.3 Å². The molecule has 29 heavy (non-hydrogen) atoms. The van der Waals surface area contributed by atoms with Gasteiger partial charge in [0.25, 0.3) is 0 Å². The second-order valence-corrected chi connectivity index (χ2v) is 7.85. The fourth-order valence-electron chi connectivity index (χ4n) is 4.15. The number of nitrogens with zero attached hydrogens (tertiary/aromatic N) is 4. The van der Waals surface area contributed by atoms with Crippen LogP contribution in [0.15, 0.2) is 30.7 Å². The van der Waals surface area contributed by atoms with Gasteiger partial charge in [0.15, 0.2) is 0 Å². The highest BCUT2D eigenvalue weighted by atomic mass is 16.5. The van der Waals surface area contributed by atoms with Crippen molar-refractivity contribution in [2.75, 3.05) is 31.2 Å². The van der Waals surface area contributed by atoms with Gasteiger partial charge in [0, 0.05) is 56.3 Å². The maximum atomic E-state index is 11.4. The van der Waals surface area contributed by atoms with Crippen LogP contribution in [-0.2, 0) is 22.6 Å². The van der Waals surface area contributed by atoms with Gasteiger partial charge in [0.05, 0.1) is 19.4 Å². The normalized spacial score (nSPS) is 17.3. The standard InChI is InChI=1S/C22H29N5O2/c1-16(28)26-7-4-21(5-8-26)29-14-17-9-19(12-24-11-17)20-10-18-3-2-6-27(15-23)22(18)25-13-20/h9-13,21H,2-8,14-15,23H2,1H3. The van der Waals surface area contributed by atoms with Crippen molar-refractivity contribution in [1.82, 2.24) is 14.9 Å². The molecule has 0 aliphatic carbocycles. The number of amides is 1. The number of fused-ring (bicyclic) bond motifs is 1. The van der Waals surface area contributed by atoms with E-state index in [1.54, 1.807) is 6.92 Å². The Balaban J connectivity index is 1.41. The monoisotopic (exact) mass is 395 g/mol. The summed E-state index contributed by atoms with van der Waals surface area (Å²) in [6.45, 7) is 5.18. The average molecular weight is 396 g/mol. The largest absolute Gasteiger partial charge is 0.373 e. The summed E-state index contributed by atoms with van der Waals surface area (Å²) in [5, 5.41) is 0. The Bertz CT molecular complexity index is 864. The van der Waals surface area contributed by atoms with Crippen molar-refractivity contribution in [3.8, 4) is 11.1 Å². The quantitative estimate of drug-likeness (QED) is 0.837. The summed E-state index contributed by atoms with van der Waals surface area (Å²) in [6, 6.07) is 4.34. The van der Waals surface area contributed by atoms with E-state index in [0.29, 0.717) is 13.3 Å². The third-order valence-electron chi connectivity index (χ3n) is 5.84. The Labute approximate surface area is 171 Å². The fourth-order valence-corrected chi connectivity index (χ4v) is 4.15. The molecule has 0 spiro atoms. The Kier molecular flexibility index (Phi) is 6.06. The molecular formula is C22H29N5O2. The molecule has 0 aromatic carbocycles. The van der Waals surface area contributed by atoms with Gasteiger partial charge in [-0.1, -0.05) is 0 Å². The van der Waals surface area contributed by atoms with Crippen molar-refractivity contribution >= 4 is 11.7 Å². The lowest BCUT2D eigenvalue weighted by Gasteiger charge is -2.31. The minimum Gasteiger partial charge on any atom is -0.373 e. The van der Waals surface area contributed by atoms with E-state index in [9.17, 15) is 4.79 Å². The van der Waals surface area contributed by atoms with Crippen molar-refractivity contribution in [3.05, 3.63) is 41.9 Å². The second kappa shape index (κ2) is 8.88. The number of hydrogen-bond donors (Lipinski definition) is 1. The molecule has 2 aliphatic rings. The van der Waals surface area contributed by atoms with Crippen LogP contribution in [0.2, 0.25) is 0 Å². The Morgan fingerprint density at radius 1 is 1.17 bits per heavy atom. The molecule has 4 rings (SSSR count). The molecule has 7 heteroatoms. The lowest BCUT2D eigenvalue weighted by molar-refractivity contribution is -0.131. The van der Waals surface area contributed by atoms with E-state index in [1.165, 1.54) is 5.56 Å². The van der Waals surface area contributed by atoms with Crippen molar-refractivity contribution in [2.24, 2.45) is 5.73 Å². The number of piperidine rings is 1. The SMILES string of the molecule is CC(=O)N1CCC(OCc2cncc(-c3cnc4c(c3)CCCN4CN)c2)CC1. The zero-order chi connectivity index (χ0) is 20.2. The number of ether oxygens (including phenoxy) is 1. The van der Waals surface area contributed by atoms with Crippen LogP contribution < -0.4 is 10.6 Å². The number of aromatic nitrogens is 2. The first-order valence-electron chi connectivity index (χ1n) is 10.4. The molecule has 2 aliphatic heterocycles. The maximum absolute atomic E-state index is 11.4. The predicted octanol–water partition coefficient (Wildman–Crippen LogP) is 2.34. The van der Waals surface area contributed by atoms with Gasteiger partial charge in [0.2, 0.25) is 5.91 Å². The number of anilines is 1. The van der Waals surface area contributed by atoms with E-state index in [4.69, 9.17) is 10.5 Å².